The van der Waals surface area contributed by atoms with Crippen LogP contribution in [0.15, 0.2) is 0 Å². The van der Waals surface area contributed by atoms with Crippen molar-refractivity contribution in [2.75, 3.05) is 20.2 Å². The van der Waals surface area contributed by atoms with Gasteiger partial charge in [0.05, 0.1) is 12.7 Å². The molecule has 0 saturated heterocycles. The average Bonchev–Trinajstić information content (AvgIpc) is 2.21. The van der Waals surface area contributed by atoms with Crippen LogP contribution in [-0.2, 0) is 4.74 Å². The van der Waals surface area contributed by atoms with Crippen LogP contribution >= 0.6 is 0 Å². The fourth-order valence-corrected chi connectivity index (χ4v) is 2.73. The number of likely N-dealkylation sites (N-methyl/N-ethyl adjacent to an activating group) is 1. The Morgan fingerprint density at radius 3 is 2.65 bits per heavy atom. The molecule has 1 aliphatic rings. The molecule has 0 aliphatic heterocycles. The van der Waals surface area contributed by atoms with E-state index in [1.807, 2.05) is 0 Å². The minimum absolute atomic E-state index is 0.274. The Hall–Kier alpha value is -0.120. The molecule has 0 spiro atoms. The van der Waals surface area contributed by atoms with Crippen molar-refractivity contribution >= 4 is 0 Å². The number of ether oxygens (including phenoxy) is 1. The Morgan fingerprint density at radius 2 is 2.06 bits per heavy atom. The summed E-state index contributed by atoms with van der Waals surface area (Å²) in [5.41, 5.74) is 6.68. The maximum Gasteiger partial charge on any atom is 0.0596 e. The lowest BCUT2D eigenvalue weighted by molar-refractivity contribution is 0.0324. The lowest BCUT2D eigenvalue weighted by atomic mass is 9.71. The highest BCUT2D eigenvalue weighted by molar-refractivity contribution is 4.95. The van der Waals surface area contributed by atoms with Gasteiger partial charge in [0.1, 0.15) is 0 Å². The fourth-order valence-electron chi connectivity index (χ4n) is 2.73. The third-order valence-electron chi connectivity index (χ3n) is 4.10. The summed E-state index contributed by atoms with van der Waals surface area (Å²) in [4.78, 5) is 2.38. The summed E-state index contributed by atoms with van der Waals surface area (Å²) < 4.78 is 5.61. The zero-order valence-electron chi connectivity index (χ0n) is 12.2. The molecular formula is C14H30N2O. The van der Waals surface area contributed by atoms with Crippen LogP contribution in [0.3, 0.4) is 0 Å². The number of nitrogens with two attached hydrogens (primary N) is 1. The molecule has 3 nitrogen and oxygen atoms in total. The smallest absolute Gasteiger partial charge is 0.0596 e. The summed E-state index contributed by atoms with van der Waals surface area (Å²) in [6.45, 7) is 10.5. The second-order valence-electron chi connectivity index (χ2n) is 6.37. The van der Waals surface area contributed by atoms with Crippen LogP contribution in [0.4, 0.5) is 0 Å². The van der Waals surface area contributed by atoms with E-state index in [4.69, 9.17) is 10.5 Å². The first-order chi connectivity index (χ1) is 7.84. The third kappa shape index (κ3) is 4.23. The highest BCUT2D eigenvalue weighted by atomic mass is 16.5. The number of hydrogen-bond donors (Lipinski definition) is 1. The van der Waals surface area contributed by atoms with Crippen LogP contribution in [-0.4, -0.2) is 43.3 Å². The summed E-state index contributed by atoms with van der Waals surface area (Å²) >= 11 is 0. The van der Waals surface area contributed by atoms with Gasteiger partial charge in [-0.25, -0.2) is 0 Å². The summed E-state index contributed by atoms with van der Waals surface area (Å²) in [5.74, 6) is 0. The monoisotopic (exact) mass is 242 g/mol. The summed E-state index contributed by atoms with van der Waals surface area (Å²) in [7, 11) is 2.18. The Bertz CT molecular complexity index is 228. The second kappa shape index (κ2) is 6.17. The molecule has 0 aromatic rings. The first kappa shape index (κ1) is 14.9. The van der Waals surface area contributed by atoms with Gasteiger partial charge in [-0.1, -0.05) is 20.3 Å². The van der Waals surface area contributed by atoms with Crippen molar-refractivity contribution in [3.05, 3.63) is 0 Å². The van der Waals surface area contributed by atoms with Crippen molar-refractivity contribution in [1.82, 2.24) is 4.90 Å². The van der Waals surface area contributed by atoms with E-state index in [-0.39, 0.29) is 11.5 Å². The van der Waals surface area contributed by atoms with E-state index >= 15 is 0 Å². The molecular weight excluding hydrogens is 212 g/mol. The first-order valence-electron chi connectivity index (χ1n) is 6.92. The van der Waals surface area contributed by atoms with Crippen LogP contribution in [0.1, 0.15) is 47.0 Å². The maximum atomic E-state index is 6.41. The van der Waals surface area contributed by atoms with Crippen LogP contribution in [0.5, 0.6) is 0 Å². The summed E-state index contributed by atoms with van der Waals surface area (Å²) in [6, 6.07) is 0.787. The largest absolute Gasteiger partial charge is 0.377 e. The van der Waals surface area contributed by atoms with Gasteiger partial charge in [-0.05, 0) is 39.2 Å². The number of rotatable bonds is 5. The highest BCUT2D eigenvalue weighted by Crippen LogP contribution is 2.36. The molecule has 2 atom stereocenters. The molecule has 3 heteroatoms. The SMILES string of the molecule is CC(C)OCCN(C)C1CCCC(C)(C)C1N. The molecule has 0 radical (unpaired) electrons. The predicted octanol–water partition coefficient (Wildman–Crippen LogP) is 2.25. The quantitative estimate of drug-likeness (QED) is 0.803. The topological polar surface area (TPSA) is 38.5 Å². The van der Waals surface area contributed by atoms with E-state index in [9.17, 15) is 0 Å². The Balaban J connectivity index is 2.42. The van der Waals surface area contributed by atoms with Gasteiger partial charge in [0.2, 0.25) is 0 Å². The van der Waals surface area contributed by atoms with Crippen LogP contribution in [0.2, 0.25) is 0 Å². The molecule has 0 amide bonds. The average molecular weight is 242 g/mol. The first-order valence-corrected chi connectivity index (χ1v) is 6.92. The maximum absolute atomic E-state index is 6.41. The normalized spacial score (nSPS) is 28.9. The molecule has 1 aliphatic carbocycles. The minimum Gasteiger partial charge on any atom is -0.377 e. The van der Waals surface area contributed by atoms with Gasteiger partial charge >= 0.3 is 0 Å². The van der Waals surface area contributed by atoms with E-state index in [1.165, 1.54) is 19.3 Å². The molecule has 0 aromatic heterocycles. The van der Waals surface area contributed by atoms with E-state index in [1.54, 1.807) is 0 Å². The molecule has 17 heavy (non-hydrogen) atoms. The van der Waals surface area contributed by atoms with Crippen molar-refractivity contribution in [2.24, 2.45) is 11.1 Å². The van der Waals surface area contributed by atoms with Crippen molar-refractivity contribution in [3.63, 3.8) is 0 Å². The molecule has 0 bridgehead atoms. The van der Waals surface area contributed by atoms with E-state index in [0.717, 1.165) is 13.2 Å². The van der Waals surface area contributed by atoms with Gasteiger partial charge in [0.15, 0.2) is 0 Å². The van der Waals surface area contributed by atoms with E-state index in [2.05, 4.69) is 39.6 Å². The molecule has 1 saturated carbocycles. The number of nitrogens with zero attached hydrogens (tertiary/aromatic N) is 1. The Morgan fingerprint density at radius 1 is 1.41 bits per heavy atom. The van der Waals surface area contributed by atoms with Gasteiger partial charge in [0.25, 0.3) is 0 Å². The van der Waals surface area contributed by atoms with Crippen LogP contribution in [0, 0.1) is 5.41 Å². The highest BCUT2D eigenvalue weighted by Gasteiger charge is 2.37. The zero-order valence-corrected chi connectivity index (χ0v) is 12.2. The number of hydrogen-bond acceptors (Lipinski definition) is 3. The molecule has 0 heterocycles. The van der Waals surface area contributed by atoms with Gasteiger partial charge in [0, 0.05) is 18.6 Å². The van der Waals surface area contributed by atoms with Crippen molar-refractivity contribution in [1.29, 1.82) is 0 Å². The fraction of sp³-hybridized carbons (Fsp3) is 1.00. The van der Waals surface area contributed by atoms with Gasteiger partial charge in [-0.3, -0.25) is 4.90 Å². The van der Waals surface area contributed by atoms with Crippen molar-refractivity contribution in [2.45, 2.75) is 65.1 Å². The lowest BCUT2D eigenvalue weighted by Crippen LogP contribution is -2.56. The summed E-state index contributed by atoms with van der Waals surface area (Å²) in [6.07, 6.45) is 4.09. The molecule has 1 rings (SSSR count). The van der Waals surface area contributed by atoms with E-state index < -0.39 is 0 Å². The second-order valence-corrected chi connectivity index (χ2v) is 6.37. The molecule has 1 fully saturated rings. The molecule has 2 N–H and O–H groups in total. The van der Waals surface area contributed by atoms with Crippen LogP contribution < -0.4 is 5.73 Å². The van der Waals surface area contributed by atoms with Gasteiger partial charge in [-0.15, -0.1) is 0 Å². The third-order valence-corrected chi connectivity index (χ3v) is 4.10. The van der Waals surface area contributed by atoms with E-state index in [0.29, 0.717) is 12.1 Å². The van der Waals surface area contributed by atoms with Crippen molar-refractivity contribution < 1.29 is 4.74 Å². The standard InChI is InChI=1S/C14H30N2O/c1-11(2)17-10-9-16(5)12-7-6-8-14(3,4)13(12)15/h11-13H,6-10,15H2,1-5H3. The van der Waals surface area contributed by atoms with Crippen molar-refractivity contribution in [3.8, 4) is 0 Å². The molecule has 0 aromatic carbocycles. The Labute approximate surface area is 107 Å². The van der Waals surface area contributed by atoms with Crippen LogP contribution in [0.25, 0.3) is 0 Å². The zero-order chi connectivity index (χ0) is 13.1. The lowest BCUT2D eigenvalue weighted by Gasteiger charge is -2.45. The Kier molecular flexibility index (Phi) is 5.42. The molecule has 102 valence electrons. The van der Waals surface area contributed by atoms with Gasteiger partial charge in [-0.2, -0.15) is 0 Å². The molecule has 2 unspecified atom stereocenters. The minimum atomic E-state index is 0.274. The van der Waals surface area contributed by atoms with Gasteiger partial charge < -0.3 is 10.5 Å². The predicted molar refractivity (Wildman–Crippen MR) is 73.1 cm³/mol. The summed E-state index contributed by atoms with van der Waals surface area (Å²) in [5, 5.41) is 0.